The number of aromatic nitrogens is 1. The van der Waals surface area contributed by atoms with E-state index in [0.29, 0.717) is 18.6 Å². The van der Waals surface area contributed by atoms with Gasteiger partial charge in [0.15, 0.2) is 0 Å². The molecule has 1 fully saturated rings. The maximum absolute atomic E-state index is 11.7. The number of nitrogens with one attached hydrogen (secondary N) is 1. The van der Waals surface area contributed by atoms with Gasteiger partial charge in [0.25, 0.3) is 5.91 Å². The van der Waals surface area contributed by atoms with E-state index < -0.39 is 5.60 Å². The number of hydrogen-bond donors (Lipinski definition) is 2. The van der Waals surface area contributed by atoms with Crippen molar-refractivity contribution in [2.24, 2.45) is 0 Å². The highest BCUT2D eigenvalue weighted by Crippen LogP contribution is 2.16. The van der Waals surface area contributed by atoms with E-state index in [9.17, 15) is 9.90 Å². The van der Waals surface area contributed by atoms with Crippen LogP contribution in [-0.4, -0.2) is 41.4 Å². The summed E-state index contributed by atoms with van der Waals surface area (Å²) in [6.45, 7) is 1.04. The van der Waals surface area contributed by atoms with Crippen molar-refractivity contribution in [3.63, 3.8) is 0 Å². The molecule has 16 heavy (non-hydrogen) atoms. The molecule has 0 saturated carbocycles. The molecule has 86 valence electrons. The number of amides is 1. The fraction of sp³-hybridized carbons (Fsp3) is 0.455. The molecule has 0 radical (unpaired) electrons. The standard InChI is InChI=1S/C11H14N2O3/c14-10(9-1-4-12-5-2-9)13-7-11(15)3-6-16-8-11/h1-2,4-5,15H,3,6-8H2,(H,13,14). The molecule has 1 aromatic rings. The summed E-state index contributed by atoms with van der Waals surface area (Å²) in [7, 11) is 0. The molecule has 1 aromatic heterocycles. The van der Waals surface area contributed by atoms with Gasteiger partial charge in [-0.3, -0.25) is 9.78 Å². The van der Waals surface area contributed by atoms with Gasteiger partial charge >= 0.3 is 0 Å². The number of pyridine rings is 1. The van der Waals surface area contributed by atoms with E-state index in [1.165, 1.54) is 0 Å². The van der Waals surface area contributed by atoms with Crippen LogP contribution in [0.4, 0.5) is 0 Å². The lowest BCUT2D eigenvalue weighted by Crippen LogP contribution is -2.43. The van der Waals surface area contributed by atoms with Crippen molar-refractivity contribution >= 4 is 5.91 Å². The molecule has 0 aromatic carbocycles. The smallest absolute Gasteiger partial charge is 0.251 e. The third-order valence-electron chi connectivity index (χ3n) is 2.60. The van der Waals surface area contributed by atoms with E-state index in [2.05, 4.69) is 10.3 Å². The Balaban J connectivity index is 1.89. The molecule has 0 aliphatic carbocycles. The van der Waals surface area contributed by atoms with Gasteiger partial charge in [-0.25, -0.2) is 0 Å². The first-order valence-corrected chi connectivity index (χ1v) is 5.18. The van der Waals surface area contributed by atoms with Crippen molar-refractivity contribution in [1.29, 1.82) is 0 Å². The van der Waals surface area contributed by atoms with Crippen molar-refractivity contribution in [1.82, 2.24) is 10.3 Å². The maximum Gasteiger partial charge on any atom is 0.251 e. The number of hydrogen-bond acceptors (Lipinski definition) is 4. The van der Waals surface area contributed by atoms with Gasteiger partial charge in [-0.15, -0.1) is 0 Å². The molecule has 1 amide bonds. The van der Waals surface area contributed by atoms with Crippen LogP contribution in [0.25, 0.3) is 0 Å². The second-order valence-electron chi connectivity index (χ2n) is 3.95. The fourth-order valence-corrected chi connectivity index (χ4v) is 1.59. The molecular formula is C11H14N2O3. The minimum Gasteiger partial charge on any atom is -0.386 e. The summed E-state index contributed by atoms with van der Waals surface area (Å²) in [5, 5.41) is 12.6. The summed E-state index contributed by atoms with van der Waals surface area (Å²) in [6, 6.07) is 3.26. The normalized spacial score (nSPS) is 24.3. The SMILES string of the molecule is O=C(NCC1(O)CCOC1)c1ccncc1. The summed E-state index contributed by atoms with van der Waals surface area (Å²) in [4.78, 5) is 15.5. The van der Waals surface area contributed by atoms with Crippen LogP contribution < -0.4 is 5.32 Å². The quantitative estimate of drug-likeness (QED) is 0.753. The summed E-state index contributed by atoms with van der Waals surface area (Å²) in [5.41, 5.74) is -0.375. The summed E-state index contributed by atoms with van der Waals surface area (Å²) in [5.74, 6) is -0.206. The van der Waals surface area contributed by atoms with E-state index in [0.717, 1.165) is 0 Å². The molecule has 2 N–H and O–H groups in total. The van der Waals surface area contributed by atoms with Crippen molar-refractivity contribution in [2.45, 2.75) is 12.0 Å². The van der Waals surface area contributed by atoms with E-state index in [4.69, 9.17) is 4.74 Å². The predicted molar refractivity (Wildman–Crippen MR) is 57.0 cm³/mol. The van der Waals surface area contributed by atoms with E-state index in [-0.39, 0.29) is 19.1 Å². The number of rotatable bonds is 3. The largest absolute Gasteiger partial charge is 0.386 e. The van der Waals surface area contributed by atoms with Gasteiger partial charge in [-0.05, 0) is 12.1 Å². The molecular weight excluding hydrogens is 208 g/mol. The van der Waals surface area contributed by atoms with Crippen LogP contribution in [0.1, 0.15) is 16.8 Å². The lowest BCUT2D eigenvalue weighted by molar-refractivity contribution is 0.0264. The van der Waals surface area contributed by atoms with Crippen LogP contribution in [-0.2, 0) is 4.74 Å². The first-order chi connectivity index (χ1) is 7.70. The zero-order valence-electron chi connectivity index (χ0n) is 8.85. The monoisotopic (exact) mass is 222 g/mol. The molecule has 0 spiro atoms. The number of aliphatic hydroxyl groups is 1. The van der Waals surface area contributed by atoms with Gasteiger partial charge in [0.1, 0.15) is 5.60 Å². The van der Waals surface area contributed by atoms with E-state index in [1.54, 1.807) is 24.5 Å². The number of nitrogens with zero attached hydrogens (tertiary/aromatic N) is 1. The molecule has 1 atom stereocenters. The molecule has 1 unspecified atom stereocenters. The van der Waals surface area contributed by atoms with Crippen molar-refractivity contribution in [3.8, 4) is 0 Å². The molecule has 2 rings (SSSR count). The highest BCUT2D eigenvalue weighted by Gasteiger charge is 2.32. The van der Waals surface area contributed by atoms with Crippen molar-refractivity contribution in [3.05, 3.63) is 30.1 Å². The highest BCUT2D eigenvalue weighted by atomic mass is 16.5. The van der Waals surface area contributed by atoms with Crippen LogP contribution in [0.3, 0.4) is 0 Å². The van der Waals surface area contributed by atoms with E-state index >= 15 is 0 Å². The van der Waals surface area contributed by atoms with Gasteiger partial charge in [-0.1, -0.05) is 0 Å². The lowest BCUT2D eigenvalue weighted by atomic mass is 10.0. The molecule has 1 aliphatic heterocycles. The average Bonchev–Trinajstić information content (AvgIpc) is 2.75. The Labute approximate surface area is 93.5 Å². The second kappa shape index (κ2) is 4.59. The first-order valence-electron chi connectivity index (χ1n) is 5.18. The topological polar surface area (TPSA) is 71.5 Å². The van der Waals surface area contributed by atoms with Crippen LogP contribution >= 0.6 is 0 Å². The Morgan fingerprint density at radius 2 is 2.31 bits per heavy atom. The Bertz CT molecular complexity index is 361. The van der Waals surface area contributed by atoms with Crippen molar-refractivity contribution < 1.29 is 14.6 Å². The first kappa shape index (κ1) is 11.0. The van der Waals surface area contributed by atoms with Crippen LogP contribution in [0.2, 0.25) is 0 Å². The van der Waals surface area contributed by atoms with Gasteiger partial charge in [0.05, 0.1) is 6.61 Å². The maximum atomic E-state index is 11.7. The summed E-state index contributed by atoms with van der Waals surface area (Å²) in [6.07, 6.45) is 3.67. The van der Waals surface area contributed by atoms with E-state index in [1.807, 2.05) is 0 Å². The zero-order chi connectivity index (χ0) is 11.4. The highest BCUT2D eigenvalue weighted by molar-refractivity contribution is 5.93. The molecule has 1 saturated heterocycles. The molecule has 5 heteroatoms. The molecule has 1 aliphatic rings. The van der Waals surface area contributed by atoms with Crippen LogP contribution in [0.15, 0.2) is 24.5 Å². The minimum atomic E-state index is -0.914. The predicted octanol–water partition coefficient (Wildman–Crippen LogP) is -0.0372. The zero-order valence-corrected chi connectivity index (χ0v) is 8.85. The fourth-order valence-electron chi connectivity index (χ4n) is 1.59. The third-order valence-corrected chi connectivity index (χ3v) is 2.60. The summed E-state index contributed by atoms with van der Waals surface area (Å²) >= 11 is 0. The Hall–Kier alpha value is -1.46. The number of carbonyl (C=O) groups is 1. The molecule has 2 heterocycles. The number of carbonyl (C=O) groups excluding carboxylic acids is 1. The lowest BCUT2D eigenvalue weighted by Gasteiger charge is -2.20. The molecule has 5 nitrogen and oxygen atoms in total. The van der Waals surface area contributed by atoms with Crippen LogP contribution in [0, 0.1) is 0 Å². The average molecular weight is 222 g/mol. The van der Waals surface area contributed by atoms with Crippen LogP contribution in [0.5, 0.6) is 0 Å². The van der Waals surface area contributed by atoms with Gasteiger partial charge in [0.2, 0.25) is 0 Å². The Kier molecular flexibility index (Phi) is 3.17. The Morgan fingerprint density at radius 3 is 2.94 bits per heavy atom. The summed E-state index contributed by atoms with van der Waals surface area (Å²) < 4.78 is 5.09. The van der Waals surface area contributed by atoms with Gasteiger partial charge in [0, 0.05) is 37.5 Å². The van der Waals surface area contributed by atoms with Gasteiger partial charge < -0.3 is 15.2 Å². The third kappa shape index (κ3) is 2.56. The molecule has 0 bridgehead atoms. The minimum absolute atomic E-state index is 0.206. The van der Waals surface area contributed by atoms with Crippen molar-refractivity contribution in [2.75, 3.05) is 19.8 Å². The van der Waals surface area contributed by atoms with Gasteiger partial charge in [-0.2, -0.15) is 0 Å². The second-order valence-corrected chi connectivity index (χ2v) is 3.95. The number of ether oxygens (including phenoxy) is 1. The Morgan fingerprint density at radius 1 is 1.56 bits per heavy atom.